The second-order valence-corrected chi connectivity index (χ2v) is 5.84. The van der Waals surface area contributed by atoms with Crippen LogP contribution in [-0.4, -0.2) is 28.5 Å². The van der Waals surface area contributed by atoms with E-state index in [0.29, 0.717) is 5.25 Å². The van der Waals surface area contributed by atoms with E-state index in [9.17, 15) is 0 Å². The number of nitrogens with zero attached hydrogens (tertiary/aromatic N) is 2. The van der Waals surface area contributed by atoms with Crippen molar-refractivity contribution < 1.29 is 0 Å². The zero-order valence-corrected chi connectivity index (χ0v) is 11.1. The lowest BCUT2D eigenvalue weighted by atomic mass is 10.2. The molecule has 1 N–H and O–H groups in total. The topological polar surface area (TPSA) is 37.3 Å². The second-order valence-electron chi connectivity index (χ2n) is 3.83. The van der Waals surface area contributed by atoms with E-state index < -0.39 is 0 Å². The van der Waals surface area contributed by atoms with Crippen molar-refractivity contribution in [3.63, 3.8) is 0 Å². The van der Waals surface area contributed by atoms with Crippen LogP contribution < -0.4 is 5.32 Å². The second kappa shape index (κ2) is 6.25. The molecule has 5 heteroatoms. The quantitative estimate of drug-likeness (QED) is 0.878. The highest BCUT2D eigenvalue weighted by Gasteiger charge is 2.17. The van der Waals surface area contributed by atoms with Crippen LogP contribution in [-0.2, 0) is 6.42 Å². The molecule has 1 aromatic heterocycles. The van der Waals surface area contributed by atoms with Crippen molar-refractivity contribution >= 4 is 28.3 Å². The van der Waals surface area contributed by atoms with Gasteiger partial charge in [0.2, 0.25) is 0 Å². The van der Waals surface area contributed by atoms with E-state index in [1.807, 2.05) is 17.3 Å². The number of hydrogen-bond donors (Lipinski definition) is 1. The Morgan fingerprint density at radius 3 is 3.25 bits per heavy atom. The van der Waals surface area contributed by atoms with Gasteiger partial charge in [0, 0.05) is 23.6 Å². The van der Waals surface area contributed by atoms with Gasteiger partial charge in [-0.15, -0.1) is 11.3 Å². The molecule has 3 nitrogen and oxygen atoms in total. The van der Waals surface area contributed by atoms with Gasteiger partial charge in [0.1, 0.15) is 0 Å². The van der Waals surface area contributed by atoms with E-state index >= 15 is 0 Å². The van der Waals surface area contributed by atoms with Gasteiger partial charge in [0.05, 0.1) is 17.7 Å². The number of rotatable bonds is 5. The molecule has 0 aromatic carbocycles. The van der Waals surface area contributed by atoms with Gasteiger partial charge >= 0.3 is 0 Å². The van der Waals surface area contributed by atoms with Crippen LogP contribution in [0.5, 0.6) is 0 Å². The summed E-state index contributed by atoms with van der Waals surface area (Å²) in [5.74, 6) is 0. The standard InChI is InChI=1S/C11H17N3S2/c1-2-3-10-6-13-11(16-10)12-5-4-9-7-15-8-14-9/h7-8,10H,2-6H2,1H3,(H,12,13). The molecular weight excluding hydrogens is 238 g/mol. The van der Waals surface area contributed by atoms with E-state index in [1.54, 1.807) is 11.3 Å². The Morgan fingerprint density at radius 1 is 1.56 bits per heavy atom. The number of hydrogen-bond acceptors (Lipinski definition) is 5. The zero-order chi connectivity index (χ0) is 11.2. The Morgan fingerprint density at radius 2 is 2.50 bits per heavy atom. The Balaban J connectivity index is 1.64. The predicted octanol–water partition coefficient (Wildman–Crippen LogP) is 2.55. The van der Waals surface area contributed by atoms with Crippen molar-refractivity contribution in [2.45, 2.75) is 31.4 Å². The highest BCUT2D eigenvalue weighted by molar-refractivity contribution is 8.14. The Hall–Kier alpha value is -0.550. The van der Waals surface area contributed by atoms with Gasteiger partial charge in [0.15, 0.2) is 5.17 Å². The van der Waals surface area contributed by atoms with Crippen molar-refractivity contribution in [3.05, 3.63) is 16.6 Å². The van der Waals surface area contributed by atoms with Gasteiger partial charge in [-0.3, -0.25) is 4.99 Å². The Labute approximate surface area is 105 Å². The minimum Gasteiger partial charge on any atom is -0.365 e. The highest BCUT2D eigenvalue weighted by atomic mass is 32.2. The van der Waals surface area contributed by atoms with Gasteiger partial charge < -0.3 is 5.32 Å². The molecule has 0 fully saturated rings. The molecule has 1 unspecified atom stereocenters. The third-order valence-electron chi connectivity index (χ3n) is 2.47. The molecule has 0 bridgehead atoms. The average molecular weight is 255 g/mol. The fourth-order valence-corrected chi connectivity index (χ4v) is 3.39. The summed E-state index contributed by atoms with van der Waals surface area (Å²) < 4.78 is 0. The van der Waals surface area contributed by atoms with Gasteiger partial charge in [-0.05, 0) is 6.42 Å². The molecule has 2 heterocycles. The third kappa shape index (κ3) is 3.49. The molecule has 16 heavy (non-hydrogen) atoms. The molecule has 1 aliphatic rings. The number of amidine groups is 1. The van der Waals surface area contributed by atoms with Crippen molar-refractivity contribution in [3.8, 4) is 0 Å². The molecule has 0 amide bonds. The molecule has 2 rings (SSSR count). The van der Waals surface area contributed by atoms with Crippen LogP contribution in [0.15, 0.2) is 15.9 Å². The highest BCUT2D eigenvalue weighted by Crippen LogP contribution is 2.23. The Kier molecular flexibility index (Phi) is 4.66. The maximum Gasteiger partial charge on any atom is 0.156 e. The van der Waals surface area contributed by atoms with E-state index in [-0.39, 0.29) is 0 Å². The van der Waals surface area contributed by atoms with Crippen LogP contribution >= 0.6 is 23.1 Å². The number of aliphatic imine (C=N–C) groups is 1. The lowest BCUT2D eigenvalue weighted by Gasteiger charge is -2.06. The Bertz CT molecular complexity index is 335. The summed E-state index contributed by atoms with van der Waals surface area (Å²) in [7, 11) is 0. The van der Waals surface area contributed by atoms with Crippen LogP contribution in [0.25, 0.3) is 0 Å². The molecular formula is C11H17N3S2. The first kappa shape index (κ1) is 11.9. The maximum atomic E-state index is 4.51. The molecule has 88 valence electrons. The van der Waals surface area contributed by atoms with Gasteiger partial charge in [0.25, 0.3) is 0 Å². The van der Waals surface area contributed by atoms with E-state index in [0.717, 1.165) is 24.7 Å². The fourth-order valence-electron chi connectivity index (χ4n) is 1.65. The number of aromatic nitrogens is 1. The minimum atomic E-state index is 0.701. The van der Waals surface area contributed by atoms with Crippen molar-refractivity contribution in [1.29, 1.82) is 0 Å². The lowest BCUT2D eigenvalue weighted by Crippen LogP contribution is -2.22. The van der Waals surface area contributed by atoms with E-state index in [2.05, 4.69) is 27.6 Å². The first-order chi connectivity index (χ1) is 7.88. The SMILES string of the molecule is CCCC1CN=C(NCCc2cscn2)S1. The summed E-state index contributed by atoms with van der Waals surface area (Å²) in [4.78, 5) is 8.76. The first-order valence-electron chi connectivity index (χ1n) is 5.70. The molecule has 0 aliphatic carbocycles. The van der Waals surface area contributed by atoms with Gasteiger partial charge in [-0.25, -0.2) is 4.98 Å². The van der Waals surface area contributed by atoms with Crippen molar-refractivity contribution in [1.82, 2.24) is 10.3 Å². The summed E-state index contributed by atoms with van der Waals surface area (Å²) in [6, 6.07) is 0. The smallest absolute Gasteiger partial charge is 0.156 e. The lowest BCUT2D eigenvalue weighted by molar-refractivity contribution is 0.753. The fraction of sp³-hybridized carbons (Fsp3) is 0.636. The predicted molar refractivity (Wildman–Crippen MR) is 72.4 cm³/mol. The molecule has 0 saturated heterocycles. The van der Waals surface area contributed by atoms with E-state index in [1.165, 1.54) is 18.5 Å². The molecule has 1 aromatic rings. The van der Waals surface area contributed by atoms with Crippen LogP contribution in [0.2, 0.25) is 0 Å². The monoisotopic (exact) mass is 255 g/mol. The van der Waals surface area contributed by atoms with Crippen molar-refractivity contribution in [2.75, 3.05) is 13.1 Å². The molecule has 0 radical (unpaired) electrons. The first-order valence-corrected chi connectivity index (χ1v) is 7.52. The largest absolute Gasteiger partial charge is 0.365 e. The van der Waals surface area contributed by atoms with Gasteiger partial charge in [-0.1, -0.05) is 25.1 Å². The van der Waals surface area contributed by atoms with Crippen LogP contribution in [0.1, 0.15) is 25.5 Å². The molecule has 0 saturated carbocycles. The average Bonchev–Trinajstić information content (AvgIpc) is 2.90. The zero-order valence-electron chi connectivity index (χ0n) is 9.48. The minimum absolute atomic E-state index is 0.701. The van der Waals surface area contributed by atoms with Crippen LogP contribution in [0.4, 0.5) is 0 Å². The van der Waals surface area contributed by atoms with Gasteiger partial charge in [-0.2, -0.15) is 0 Å². The number of nitrogens with one attached hydrogen (secondary N) is 1. The number of thioether (sulfide) groups is 1. The third-order valence-corrected chi connectivity index (χ3v) is 4.32. The summed E-state index contributed by atoms with van der Waals surface area (Å²) in [5.41, 5.74) is 3.06. The summed E-state index contributed by atoms with van der Waals surface area (Å²) >= 11 is 3.55. The van der Waals surface area contributed by atoms with Crippen LogP contribution in [0.3, 0.4) is 0 Å². The van der Waals surface area contributed by atoms with E-state index in [4.69, 9.17) is 0 Å². The summed E-state index contributed by atoms with van der Waals surface area (Å²) in [5, 5.41) is 7.31. The summed E-state index contributed by atoms with van der Waals surface area (Å²) in [6.45, 7) is 4.15. The number of thiazole rings is 1. The van der Waals surface area contributed by atoms with Crippen molar-refractivity contribution in [2.24, 2.45) is 4.99 Å². The summed E-state index contributed by atoms with van der Waals surface area (Å²) in [6.07, 6.45) is 3.51. The molecule has 1 atom stereocenters. The molecule has 0 spiro atoms. The normalized spacial score (nSPS) is 19.8. The molecule has 1 aliphatic heterocycles. The maximum absolute atomic E-state index is 4.51. The van der Waals surface area contributed by atoms with Crippen LogP contribution in [0, 0.1) is 0 Å².